The summed E-state index contributed by atoms with van der Waals surface area (Å²) in [6.45, 7) is 9.40. The molecular weight excluding hydrogens is 789 g/mol. The smallest absolute Gasteiger partial charge is 0.251 e. The molecule has 3 aromatic rings. The molecule has 61 heavy (non-hydrogen) atoms. The van der Waals surface area contributed by atoms with Gasteiger partial charge in [-0.15, -0.1) is 0 Å². The van der Waals surface area contributed by atoms with Crippen molar-refractivity contribution in [1.82, 2.24) is 25.5 Å². The summed E-state index contributed by atoms with van der Waals surface area (Å²) in [5.74, 6) is -2.39. The molecule has 5 heterocycles. The summed E-state index contributed by atoms with van der Waals surface area (Å²) in [4.78, 5) is 68.1. The molecule has 1 unspecified atom stereocenters. The third-order valence-corrected chi connectivity index (χ3v) is 12.8. The summed E-state index contributed by atoms with van der Waals surface area (Å²) in [5.41, 5.74) is 1.10. The van der Waals surface area contributed by atoms with Crippen LogP contribution in [0.1, 0.15) is 94.0 Å². The maximum Gasteiger partial charge on any atom is 0.251 e. The van der Waals surface area contributed by atoms with Crippen LogP contribution in [0, 0.1) is 17.6 Å². The zero-order valence-electron chi connectivity index (χ0n) is 35.6. The number of likely N-dealkylation sites (tertiary alicyclic amines) is 1. The summed E-state index contributed by atoms with van der Waals surface area (Å²) in [5, 5.41) is 18.8. The third kappa shape index (κ3) is 9.13. The summed E-state index contributed by atoms with van der Waals surface area (Å²) >= 11 is 0. The molecule has 2 aromatic carbocycles. The first-order valence-corrected chi connectivity index (χ1v) is 21.4. The number of carbonyl (C=O) groups is 4. The van der Waals surface area contributed by atoms with Crippen molar-refractivity contribution in [2.45, 2.75) is 95.7 Å². The number of aliphatic hydroxyl groups excluding tert-OH is 1. The highest BCUT2D eigenvalue weighted by Gasteiger charge is 2.40. The van der Waals surface area contributed by atoms with Crippen LogP contribution >= 0.6 is 0 Å². The Morgan fingerprint density at radius 3 is 2.48 bits per heavy atom. The lowest BCUT2D eigenvalue weighted by Gasteiger charge is -2.44. The van der Waals surface area contributed by atoms with E-state index in [9.17, 15) is 24.3 Å². The van der Waals surface area contributed by atoms with Crippen molar-refractivity contribution < 1.29 is 37.8 Å². The molecule has 17 heteroatoms. The zero-order chi connectivity index (χ0) is 43.6. The van der Waals surface area contributed by atoms with Gasteiger partial charge in [0.1, 0.15) is 29.1 Å². The van der Waals surface area contributed by atoms with Gasteiger partial charge in [0.2, 0.25) is 23.7 Å². The fourth-order valence-electron chi connectivity index (χ4n) is 9.49. The quantitative estimate of drug-likeness (QED) is 0.173. The van der Waals surface area contributed by atoms with E-state index in [0.29, 0.717) is 92.0 Å². The molecule has 4 aliphatic heterocycles. The third-order valence-electron chi connectivity index (χ3n) is 12.8. The van der Waals surface area contributed by atoms with E-state index in [-0.39, 0.29) is 54.8 Å². The second-order valence-corrected chi connectivity index (χ2v) is 17.1. The number of nitrogens with zero attached hydrogens (tertiary/aromatic N) is 6. The van der Waals surface area contributed by atoms with Gasteiger partial charge in [0.15, 0.2) is 5.82 Å². The van der Waals surface area contributed by atoms with Crippen molar-refractivity contribution in [2.24, 2.45) is 5.92 Å². The topological polar surface area (TPSA) is 173 Å². The molecule has 3 saturated heterocycles. The fraction of sp³-hybridized carbons (Fsp3) is 0.545. The normalized spacial score (nSPS) is 22.0. The number of benzene rings is 2. The van der Waals surface area contributed by atoms with Crippen LogP contribution in [0.4, 0.5) is 37.6 Å². The van der Waals surface area contributed by atoms with E-state index in [2.05, 4.69) is 25.8 Å². The number of piperidine rings is 3. The lowest BCUT2D eigenvalue weighted by atomic mass is 9.83. The van der Waals surface area contributed by atoms with Gasteiger partial charge in [0.25, 0.3) is 5.91 Å². The van der Waals surface area contributed by atoms with E-state index in [4.69, 9.17) is 9.72 Å². The monoisotopic (exact) mass is 845 g/mol. The number of carbonyl (C=O) groups excluding carboxylic acids is 4. The van der Waals surface area contributed by atoms with Crippen LogP contribution in [0.2, 0.25) is 0 Å². The standard InChI is InChI=1S/C44H57F2N9O6/c1-6-34-42(60)52(4)35-23-47-43(50-39(35)55(34)26(2)3)48-33-11-9-28(20-36(33)61-5)40(58)51-44(15-19-56)13-17-53(18-14-44)24-27-8-7-16-54(25-27)29-21-31(45)38(32(46)22-29)30-10-12-37(57)49-41(30)59/h9,11,20-23,26-27,30,34,56H,6-8,10,12-19,24-25H2,1-5H3,(H,51,58)(H,47,48,50)(H,49,57,59)/t27-,30?,34-/m1/s1. The van der Waals surface area contributed by atoms with Crippen LogP contribution in [0.15, 0.2) is 36.5 Å². The maximum atomic E-state index is 15.4. The Balaban J connectivity index is 0.969. The van der Waals surface area contributed by atoms with Gasteiger partial charge in [-0.3, -0.25) is 24.5 Å². The zero-order valence-corrected chi connectivity index (χ0v) is 35.6. The van der Waals surface area contributed by atoms with Crippen molar-refractivity contribution >= 4 is 52.5 Å². The van der Waals surface area contributed by atoms with E-state index in [1.807, 2.05) is 30.6 Å². The molecule has 0 spiro atoms. The Kier molecular flexibility index (Phi) is 13.1. The first-order valence-electron chi connectivity index (χ1n) is 21.4. The Hall–Kier alpha value is -5.42. The number of ether oxygens (including phenoxy) is 1. The number of amides is 4. The maximum absolute atomic E-state index is 15.4. The van der Waals surface area contributed by atoms with Crippen molar-refractivity contribution in [1.29, 1.82) is 0 Å². The summed E-state index contributed by atoms with van der Waals surface area (Å²) in [6.07, 6.45) is 5.84. The number of methoxy groups -OCH3 is 1. The van der Waals surface area contributed by atoms with Crippen molar-refractivity contribution in [3.05, 3.63) is 59.3 Å². The number of aromatic nitrogens is 2. The van der Waals surface area contributed by atoms with E-state index in [0.717, 1.165) is 19.4 Å². The highest BCUT2D eigenvalue weighted by molar-refractivity contribution is 6.04. The Bertz CT molecular complexity index is 2120. The molecule has 7 rings (SSSR count). The van der Waals surface area contributed by atoms with Crippen molar-refractivity contribution in [3.63, 3.8) is 0 Å². The number of hydrogen-bond donors (Lipinski definition) is 4. The molecule has 0 radical (unpaired) electrons. The van der Waals surface area contributed by atoms with E-state index in [1.165, 1.54) is 19.2 Å². The number of hydrogen-bond acceptors (Lipinski definition) is 12. The number of fused-ring (bicyclic) bond motifs is 1. The van der Waals surface area contributed by atoms with Gasteiger partial charge < -0.3 is 40.1 Å². The van der Waals surface area contributed by atoms with Crippen LogP contribution in [0.25, 0.3) is 0 Å². The number of likely N-dealkylation sites (N-methyl/N-ethyl adjacent to an activating group) is 1. The SMILES string of the molecule is CC[C@@H]1C(=O)N(C)c2cnc(Nc3ccc(C(=O)NC4(CCO)CCN(C[C@H]5CCCN(c6cc(F)c(C7CCC(=O)NC7=O)c(F)c6)C5)CC4)cc3OC)nc2N1C(C)C. The molecule has 0 bridgehead atoms. The number of imide groups is 1. The van der Waals surface area contributed by atoms with Gasteiger partial charge in [-0.05, 0) is 95.0 Å². The molecule has 1 aromatic heterocycles. The van der Waals surface area contributed by atoms with Gasteiger partial charge in [-0.25, -0.2) is 13.8 Å². The predicted molar refractivity (Wildman–Crippen MR) is 227 cm³/mol. The van der Waals surface area contributed by atoms with E-state index < -0.39 is 34.9 Å². The van der Waals surface area contributed by atoms with Crippen molar-refractivity contribution in [2.75, 3.05) is 73.5 Å². The molecule has 4 aliphatic rings. The number of halogens is 2. The fourth-order valence-corrected chi connectivity index (χ4v) is 9.49. The van der Waals surface area contributed by atoms with Gasteiger partial charge in [0, 0.05) is 81.2 Å². The van der Waals surface area contributed by atoms with Gasteiger partial charge in [0.05, 0.1) is 24.9 Å². The molecule has 328 valence electrons. The van der Waals surface area contributed by atoms with Crippen molar-refractivity contribution in [3.8, 4) is 5.75 Å². The second-order valence-electron chi connectivity index (χ2n) is 17.1. The molecule has 0 aliphatic carbocycles. The molecule has 3 fully saturated rings. The number of anilines is 5. The van der Waals surface area contributed by atoms with Gasteiger partial charge in [-0.1, -0.05) is 6.92 Å². The molecule has 4 N–H and O–H groups in total. The minimum atomic E-state index is -1.04. The van der Waals surface area contributed by atoms with Gasteiger partial charge in [-0.2, -0.15) is 4.98 Å². The van der Waals surface area contributed by atoms with Crippen LogP contribution in [-0.2, 0) is 14.4 Å². The molecule has 4 amide bonds. The Morgan fingerprint density at radius 1 is 1.08 bits per heavy atom. The second kappa shape index (κ2) is 18.3. The van der Waals surface area contributed by atoms with E-state index in [1.54, 1.807) is 36.3 Å². The first-order chi connectivity index (χ1) is 29.2. The lowest BCUT2D eigenvalue weighted by molar-refractivity contribution is -0.134. The number of aliphatic hydroxyl groups is 1. The number of rotatable bonds is 13. The minimum absolute atomic E-state index is 0.00375. The summed E-state index contributed by atoms with van der Waals surface area (Å²) < 4.78 is 36.4. The van der Waals surface area contributed by atoms with Crippen LogP contribution in [-0.4, -0.2) is 115 Å². The average molecular weight is 846 g/mol. The summed E-state index contributed by atoms with van der Waals surface area (Å²) in [7, 11) is 3.25. The lowest BCUT2D eigenvalue weighted by Crippen LogP contribution is -2.56. The number of nitrogens with one attached hydrogen (secondary N) is 3. The van der Waals surface area contributed by atoms with Crippen LogP contribution in [0.3, 0.4) is 0 Å². The molecule has 15 nitrogen and oxygen atoms in total. The highest BCUT2D eigenvalue weighted by atomic mass is 19.1. The molecule has 0 saturated carbocycles. The predicted octanol–water partition coefficient (Wildman–Crippen LogP) is 4.86. The Morgan fingerprint density at radius 2 is 1.82 bits per heavy atom. The van der Waals surface area contributed by atoms with Crippen LogP contribution in [0.5, 0.6) is 5.75 Å². The average Bonchev–Trinajstić information content (AvgIpc) is 3.23. The largest absolute Gasteiger partial charge is 0.495 e. The van der Waals surface area contributed by atoms with Gasteiger partial charge >= 0.3 is 0 Å². The highest BCUT2D eigenvalue weighted by Crippen LogP contribution is 2.38. The van der Waals surface area contributed by atoms with E-state index >= 15 is 8.78 Å². The van der Waals surface area contributed by atoms with Crippen LogP contribution < -0.4 is 35.4 Å². The Labute approximate surface area is 355 Å². The molecular formula is C44H57F2N9O6. The first kappa shape index (κ1) is 43.7. The minimum Gasteiger partial charge on any atom is -0.495 e. The molecule has 3 atom stereocenters. The summed E-state index contributed by atoms with van der Waals surface area (Å²) in [6, 6.07) is 7.38.